The quantitative estimate of drug-likeness (QED) is 0.500. The van der Waals surface area contributed by atoms with E-state index in [1.807, 2.05) is 0 Å². The van der Waals surface area contributed by atoms with Crippen molar-refractivity contribution in [1.82, 2.24) is 0 Å². The Morgan fingerprint density at radius 1 is 1.03 bits per heavy atom. The highest BCUT2D eigenvalue weighted by Crippen LogP contribution is 2.68. The smallest absolute Gasteiger partial charge is 0.305 e. The first kappa shape index (κ1) is 24.7. The van der Waals surface area contributed by atoms with E-state index in [9.17, 15) is 14.4 Å². The van der Waals surface area contributed by atoms with Gasteiger partial charge in [0, 0.05) is 25.2 Å². The molecule has 4 aliphatic rings. The standard InChI is InChI=1S/C28H44O5/c1-7-19-23-15-18(33-17(3)29)10-12-28(23,5)22-11-13-27(4)20(16(2)14-24(30)32-6)8-9-21(27)25(22)26(19)31/h16,18-23,25H,7-15H2,1-6H3/t16-,18-,19+,20-,21?,22?,23+,25?,27-,28-/m1/s1. The zero-order valence-corrected chi connectivity index (χ0v) is 21.5. The topological polar surface area (TPSA) is 69.7 Å². The Morgan fingerprint density at radius 3 is 2.33 bits per heavy atom. The van der Waals surface area contributed by atoms with Crippen LogP contribution in [0.2, 0.25) is 0 Å². The predicted octanol–water partition coefficient (Wildman–Crippen LogP) is 5.59. The van der Waals surface area contributed by atoms with Gasteiger partial charge < -0.3 is 9.47 Å². The lowest BCUT2D eigenvalue weighted by Crippen LogP contribution is -2.60. The van der Waals surface area contributed by atoms with Gasteiger partial charge in [-0.2, -0.15) is 0 Å². The highest BCUT2D eigenvalue weighted by molar-refractivity contribution is 5.86. The monoisotopic (exact) mass is 460 g/mol. The van der Waals surface area contributed by atoms with Crippen molar-refractivity contribution in [2.75, 3.05) is 7.11 Å². The fraction of sp³-hybridized carbons (Fsp3) is 0.893. The van der Waals surface area contributed by atoms with Crippen LogP contribution in [-0.2, 0) is 23.9 Å². The fourth-order valence-corrected chi connectivity index (χ4v) is 9.42. The Balaban J connectivity index is 1.61. The second kappa shape index (κ2) is 9.00. The number of methoxy groups -OCH3 is 1. The normalized spacial score (nSPS) is 45.4. The van der Waals surface area contributed by atoms with Crippen molar-refractivity contribution in [3.05, 3.63) is 0 Å². The van der Waals surface area contributed by atoms with Gasteiger partial charge in [-0.25, -0.2) is 0 Å². The van der Waals surface area contributed by atoms with E-state index in [-0.39, 0.29) is 46.6 Å². The molecule has 0 aromatic rings. The summed E-state index contributed by atoms with van der Waals surface area (Å²) in [4.78, 5) is 37.7. The molecular weight excluding hydrogens is 416 g/mol. The minimum absolute atomic E-state index is 0.0390. The van der Waals surface area contributed by atoms with Crippen LogP contribution in [0.4, 0.5) is 0 Å². The van der Waals surface area contributed by atoms with Gasteiger partial charge >= 0.3 is 11.9 Å². The first-order valence-corrected chi connectivity index (χ1v) is 13.3. The molecule has 186 valence electrons. The molecule has 0 amide bonds. The minimum atomic E-state index is -0.205. The third kappa shape index (κ3) is 3.95. The van der Waals surface area contributed by atoms with Crippen LogP contribution in [0.1, 0.15) is 92.4 Å². The molecule has 0 heterocycles. The molecule has 10 atom stereocenters. The number of carbonyl (C=O) groups is 3. The van der Waals surface area contributed by atoms with Crippen LogP contribution in [0.3, 0.4) is 0 Å². The Hall–Kier alpha value is -1.39. The second-order valence-electron chi connectivity index (χ2n) is 12.3. The molecule has 0 bridgehead atoms. The summed E-state index contributed by atoms with van der Waals surface area (Å²) in [7, 11) is 1.47. The van der Waals surface area contributed by atoms with Crippen molar-refractivity contribution < 1.29 is 23.9 Å². The van der Waals surface area contributed by atoms with E-state index in [1.54, 1.807) is 0 Å². The van der Waals surface area contributed by atoms with Crippen molar-refractivity contribution in [2.24, 2.45) is 52.3 Å². The summed E-state index contributed by atoms with van der Waals surface area (Å²) in [5.74, 6) is 2.31. The zero-order valence-electron chi connectivity index (χ0n) is 21.5. The summed E-state index contributed by atoms with van der Waals surface area (Å²) in [6.07, 6.45) is 8.58. The Labute approximate surface area is 199 Å². The number of carbonyl (C=O) groups excluding carboxylic acids is 3. The van der Waals surface area contributed by atoms with Crippen LogP contribution in [0.5, 0.6) is 0 Å². The molecule has 0 saturated heterocycles. The summed E-state index contributed by atoms with van der Waals surface area (Å²) in [5, 5.41) is 0. The third-order valence-corrected chi connectivity index (χ3v) is 10.9. The molecule has 4 rings (SSSR count). The SMILES string of the molecule is CC[C@@H]1C(=O)C2C3CC[C@H]([C@H](C)CC(=O)OC)[C@@]3(C)CCC2[C@@]2(C)CC[C@@H](OC(C)=O)C[C@@H]12. The van der Waals surface area contributed by atoms with Crippen LogP contribution >= 0.6 is 0 Å². The molecule has 0 spiro atoms. The summed E-state index contributed by atoms with van der Waals surface area (Å²) in [6.45, 7) is 10.7. The van der Waals surface area contributed by atoms with Crippen LogP contribution in [-0.4, -0.2) is 30.9 Å². The van der Waals surface area contributed by atoms with E-state index in [1.165, 1.54) is 14.0 Å². The van der Waals surface area contributed by atoms with Gasteiger partial charge in [0.2, 0.25) is 0 Å². The molecule has 33 heavy (non-hydrogen) atoms. The van der Waals surface area contributed by atoms with Crippen molar-refractivity contribution in [3.63, 3.8) is 0 Å². The largest absolute Gasteiger partial charge is 0.469 e. The molecule has 4 aliphatic carbocycles. The van der Waals surface area contributed by atoms with E-state index in [0.29, 0.717) is 35.9 Å². The summed E-state index contributed by atoms with van der Waals surface area (Å²) >= 11 is 0. The van der Waals surface area contributed by atoms with Gasteiger partial charge in [0.25, 0.3) is 0 Å². The van der Waals surface area contributed by atoms with E-state index < -0.39 is 0 Å². The maximum atomic E-state index is 14.1. The van der Waals surface area contributed by atoms with Gasteiger partial charge in [-0.15, -0.1) is 0 Å². The van der Waals surface area contributed by atoms with Crippen LogP contribution in [0, 0.1) is 52.3 Å². The van der Waals surface area contributed by atoms with Crippen molar-refractivity contribution >= 4 is 17.7 Å². The molecule has 0 aromatic carbocycles. The van der Waals surface area contributed by atoms with Crippen molar-refractivity contribution in [3.8, 4) is 0 Å². The van der Waals surface area contributed by atoms with E-state index in [2.05, 4.69) is 27.7 Å². The van der Waals surface area contributed by atoms with Gasteiger partial charge in [-0.1, -0.05) is 27.7 Å². The van der Waals surface area contributed by atoms with E-state index in [0.717, 1.165) is 51.4 Å². The second-order valence-corrected chi connectivity index (χ2v) is 12.3. The molecule has 4 fully saturated rings. The van der Waals surface area contributed by atoms with Gasteiger partial charge in [-0.3, -0.25) is 14.4 Å². The molecule has 3 unspecified atom stereocenters. The van der Waals surface area contributed by atoms with Crippen LogP contribution in [0.15, 0.2) is 0 Å². The molecular formula is C28H44O5. The first-order valence-electron chi connectivity index (χ1n) is 13.3. The van der Waals surface area contributed by atoms with Crippen molar-refractivity contribution in [1.29, 1.82) is 0 Å². The lowest BCUT2D eigenvalue weighted by molar-refractivity contribution is -0.178. The van der Waals surface area contributed by atoms with E-state index >= 15 is 0 Å². The summed E-state index contributed by atoms with van der Waals surface area (Å²) in [6, 6.07) is 0. The number of hydrogen-bond acceptors (Lipinski definition) is 5. The molecule has 0 aliphatic heterocycles. The molecule has 0 N–H and O–H groups in total. The molecule has 4 saturated carbocycles. The van der Waals surface area contributed by atoms with Crippen LogP contribution < -0.4 is 0 Å². The molecule has 0 aromatic heterocycles. The number of fused-ring (bicyclic) bond motifs is 5. The van der Waals surface area contributed by atoms with Gasteiger partial charge in [0.15, 0.2) is 0 Å². The summed E-state index contributed by atoms with van der Waals surface area (Å²) in [5.41, 5.74) is 0.271. The highest BCUT2D eigenvalue weighted by atomic mass is 16.5. The van der Waals surface area contributed by atoms with Gasteiger partial charge in [-0.05, 0) is 91.8 Å². The third-order valence-electron chi connectivity index (χ3n) is 10.9. The number of ketones is 1. The molecule has 5 heteroatoms. The lowest BCUT2D eigenvalue weighted by atomic mass is 9.42. The first-order chi connectivity index (χ1) is 15.6. The summed E-state index contributed by atoms with van der Waals surface area (Å²) < 4.78 is 10.6. The average Bonchev–Trinajstić information content (AvgIpc) is 3.11. The van der Waals surface area contributed by atoms with Crippen LogP contribution in [0.25, 0.3) is 0 Å². The maximum Gasteiger partial charge on any atom is 0.305 e. The van der Waals surface area contributed by atoms with Gasteiger partial charge in [0.1, 0.15) is 11.9 Å². The Bertz CT molecular complexity index is 791. The molecule has 5 nitrogen and oxygen atoms in total. The zero-order chi connectivity index (χ0) is 24.1. The minimum Gasteiger partial charge on any atom is -0.469 e. The predicted molar refractivity (Wildman–Crippen MR) is 126 cm³/mol. The Kier molecular flexibility index (Phi) is 6.74. The number of ether oxygens (including phenoxy) is 2. The lowest BCUT2D eigenvalue weighted by Gasteiger charge is -2.62. The fourth-order valence-electron chi connectivity index (χ4n) is 9.42. The van der Waals surface area contributed by atoms with Gasteiger partial charge in [0.05, 0.1) is 7.11 Å². The average molecular weight is 461 g/mol. The Morgan fingerprint density at radius 2 is 1.70 bits per heavy atom. The number of esters is 2. The molecule has 0 radical (unpaired) electrons. The van der Waals surface area contributed by atoms with Crippen molar-refractivity contribution in [2.45, 2.75) is 98.5 Å². The number of rotatable bonds is 5. The highest BCUT2D eigenvalue weighted by Gasteiger charge is 2.65. The maximum absolute atomic E-state index is 14.1. The van der Waals surface area contributed by atoms with E-state index in [4.69, 9.17) is 9.47 Å². The number of Topliss-reactive ketones (excluding diaryl/α,β-unsaturated/α-hetero) is 1. The number of hydrogen-bond donors (Lipinski definition) is 0.